The molecule has 0 spiro atoms. The second kappa shape index (κ2) is 85.8. The number of esters is 1. The van der Waals surface area contributed by atoms with Crippen LogP contribution in [0.4, 0.5) is 0 Å². The minimum absolute atomic E-state index is 0.0168. The molecule has 96 heavy (non-hydrogen) atoms. The molecule has 0 aliphatic heterocycles. The minimum Gasteiger partial charge on any atom is -0.466 e. The summed E-state index contributed by atoms with van der Waals surface area (Å²) in [6.45, 7) is 4.99. The van der Waals surface area contributed by atoms with Crippen LogP contribution < -0.4 is 5.32 Å². The number of nitrogens with one attached hydrogen (secondary N) is 1. The van der Waals surface area contributed by atoms with Crippen LogP contribution in [0.25, 0.3) is 0 Å². The molecule has 570 valence electrons. The van der Waals surface area contributed by atoms with Gasteiger partial charge in [0, 0.05) is 12.8 Å². The van der Waals surface area contributed by atoms with Gasteiger partial charge in [-0.3, -0.25) is 9.59 Å². The summed E-state index contributed by atoms with van der Waals surface area (Å²) in [7, 11) is 0. The lowest BCUT2D eigenvalue weighted by Crippen LogP contribution is -2.45. The lowest BCUT2D eigenvalue weighted by atomic mass is 10.0. The average Bonchev–Trinajstić information content (AvgIpc) is 2.81. The number of carbonyl (C=O) groups excluding carboxylic acids is 2. The largest absolute Gasteiger partial charge is 0.466 e. The average molecular weight is 1350 g/mol. The van der Waals surface area contributed by atoms with Crippen LogP contribution in [-0.2, 0) is 14.3 Å². The number of unbranched alkanes of at least 4 members (excludes halogenated alkanes) is 70. The first-order chi connectivity index (χ1) is 47.5. The van der Waals surface area contributed by atoms with Crippen LogP contribution in [0.1, 0.15) is 515 Å². The maximum Gasteiger partial charge on any atom is 0.305 e. The van der Waals surface area contributed by atoms with Crippen LogP contribution in [0.15, 0.2) is 24.3 Å². The van der Waals surface area contributed by atoms with Crippen molar-refractivity contribution in [3.8, 4) is 0 Å². The standard InChI is InChI=1S/C90H175NO5/c1-3-5-7-9-11-13-15-17-19-21-22-23-24-38-41-44-47-51-54-58-62-66-70-74-78-82-88(93)87(86-92)91-89(94)83-79-75-71-67-63-59-55-52-48-45-42-39-36-34-32-30-28-26-25-27-29-31-33-35-37-40-43-46-49-53-57-61-65-69-73-77-81-85-96-90(95)84-80-76-72-68-64-60-56-50-20-18-16-14-12-10-8-6-4-2/h12,14,18,20,87-88,92-93H,3-11,13,15-17,19,21-86H2,1-2H3,(H,91,94)/b14-12-,20-18-. The molecule has 6 nitrogen and oxygen atoms in total. The van der Waals surface area contributed by atoms with E-state index in [-0.39, 0.29) is 18.5 Å². The van der Waals surface area contributed by atoms with Crippen LogP contribution >= 0.6 is 0 Å². The Morgan fingerprint density at radius 2 is 0.521 bits per heavy atom. The molecule has 0 saturated carbocycles. The third-order valence-corrected chi connectivity index (χ3v) is 21.3. The molecule has 2 atom stereocenters. The van der Waals surface area contributed by atoms with E-state index in [1.807, 2.05) is 0 Å². The van der Waals surface area contributed by atoms with Gasteiger partial charge in [0.15, 0.2) is 0 Å². The van der Waals surface area contributed by atoms with Gasteiger partial charge in [0.25, 0.3) is 0 Å². The van der Waals surface area contributed by atoms with E-state index in [9.17, 15) is 19.8 Å². The Bertz CT molecular complexity index is 1510. The Morgan fingerprint density at radius 3 is 0.812 bits per heavy atom. The number of aliphatic hydroxyl groups excluding tert-OH is 2. The molecular weight excluding hydrogens is 1170 g/mol. The van der Waals surface area contributed by atoms with E-state index in [0.717, 1.165) is 51.4 Å². The van der Waals surface area contributed by atoms with Crippen LogP contribution in [-0.4, -0.2) is 47.4 Å². The number of ether oxygens (including phenoxy) is 1. The van der Waals surface area contributed by atoms with Crippen LogP contribution in [0.2, 0.25) is 0 Å². The molecule has 0 heterocycles. The first kappa shape index (κ1) is 94.3. The fourth-order valence-corrected chi connectivity index (χ4v) is 14.5. The summed E-state index contributed by atoms with van der Waals surface area (Å²) in [5.74, 6) is -0.00572. The van der Waals surface area contributed by atoms with E-state index >= 15 is 0 Å². The molecule has 3 N–H and O–H groups in total. The van der Waals surface area contributed by atoms with Crippen molar-refractivity contribution in [1.29, 1.82) is 0 Å². The summed E-state index contributed by atoms with van der Waals surface area (Å²) in [5, 5.41) is 23.5. The van der Waals surface area contributed by atoms with Crippen molar-refractivity contribution in [3.63, 3.8) is 0 Å². The summed E-state index contributed by atoms with van der Waals surface area (Å²) >= 11 is 0. The van der Waals surface area contributed by atoms with Crippen LogP contribution in [0.5, 0.6) is 0 Å². The summed E-state index contributed by atoms with van der Waals surface area (Å²) in [5.41, 5.74) is 0. The first-order valence-electron chi connectivity index (χ1n) is 44.6. The van der Waals surface area contributed by atoms with Crippen molar-refractivity contribution in [1.82, 2.24) is 5.32 Å². The number of carbonyl (C=O) groups is 2. The van der Waals surface area contributed by atoms with E-state index in [1.54, 1.807) is 0 Å². The minimum atomic E-state index is -0.662. The molecule has 2 unspecified atom stereocenters. The van der Waals surface area contributed by atoms with Gasteiger partial charge in [-0.1, -0.05) is 468 Å². The van der Waals surface area contributed by atoms with Crippen molar-refractivity contribution >= 4 is 11.9 Å². The molecule has 0 saturated heterocycles. The van der Waals surface area contributed by atoms with Gasteiger partial charge in [0.1, 0.15) is 0 Å². The highest BCUT2D eigenvalue weighted by Gasteiger charge is 2.20. The Morgan fingerprint density at radius 1 is 0.292 bits per heavy atom. The van der Waals surface area contributed by atoms with Crippen molar-refractivity contribution in [2.45, 2.75) is 527 Å². The van der Waals surface area contributed by atoms with Crippen LogP contribution in [0.3, 0.4) is 0 Å². The normalized spacial score (nSPS) is 12.5. The summed E-state index contributed by atoms with van der Waals surface area (Å²) < 4.78 is 5.51. The highest BCUT2D eigenvalue weighted by atomic mass is 16.5. The quantitative estimate of drug-likeness (QED) is 0.0320. The van der Waals surface area contributed by atoms with Gasteiger partial charge >= 0.3 is 5.97 Å². The van der Waals surface area contributed by atoms with Crippen molar-refractivity contribution in [2.24, 2.45) is 0 Å². The highest BCUT2D eigenvalue weighted by Crippen LogP contribution is 2.21. The van der Waals surface area contributed by atoms with Crippen molar-refractivity contribution in [3.05, 3.63) is 24.3 Å². The number of aliphatic hydroxyl groups is 2. The molecule has 0 bridgehead atoms. The van der Waals surface area contributed by atoms with Gasteiger partial charge in [0.05, 0.1) is 25.4 Å². The molecule has 1 amide bonds. The molecule has 6 heteroatoms. The third kappa shape index (κ3) is 81.3. The SMILES string of the molecule is CCCCC/C=C\C/C=C\CCCCCCCCCC(=O)OCCCCCCCCCCCCCCCCCCCCCCCCCCCCCCCCCCCCCCCC(=O)NC(CO)C(O)CCCCCCCCCCCCCCCCCCCCCCCCCCC. The predicted molar refractivity (Wildman–Crippen MR) is 426 cm³/mol. The Kier molecular flexibility index (Phi) is 84.3. The zero-order valence-corrected chi connectivity index (χ0v) is 65.7. The molecule has 0 rings (SSSR count). The third-order valence-electron chi connectivity index (χ3n) is 21.3. The van der Waals surface area contributed by atoms with E-state index in [2.05, 4.69) is 43.5 Å². The van der Waals surface area contributed by atoms with Gasteiger partial charge in [-0.15, -0.1) is 0 Å². The van der Waals surface area contributed by atoms with Gasteiger partial charge in [0.2, 0.25) is 5.91 Å². The predicted octanol–water partition coefficient (Wildman–Crippen LogP) is 29.9. The Hall–Kier alpha value is -1.66. The monoisotopic (exact) mass is 1350 g/mol. The zero-order valence-electron chi connectivity index (χ0n) is 65.7. The van der Waals surface area contributed by atoms with E-state index in [4.69, 9.17) is 4.74 Å². The molecule has 0 aliphatic rings. The topological polar surface area (TPSA) is 95.9 Å². The lowest BCUT2D eigenvalue weighted by Gasteiger charge is -2.22. The smallest absolute Gasteiger partial charge is 0.305 e. The number of rotatable bonds is 85. The lowest BCUT2D eigenvalue weighted by molar-refractivity contribution is -0.143. The Labute approximate surface area is 602 Å². The molecule has 0 fully saturated rings. The van der Waals surface area contributed by atoms with Gasteiger partial charge in [-0.25, -0.2) is 0 Å². The molecule has 0 aromatic carbocycles. The van der Waals surface area contributed by atoms with Crippen molar-refractivity contribution < 1.29 is 24.5 Å². The number of allylic oxidation sites excluding steroid dienone is 4. The number of amides is 1. The summed E-state index contributed by atoms with van der Waals surface area (Å²) in [6, 6.07) is -0.538. The van der Waals surface area contributed by atoms with Crippen LogP contribution in [0, 0.1) is 0 Å². The number of hydrogen-bond acceptors (Lipinski definition) is 5. The zero-order chi connectivity index (χ0) is 69.1. The fourth-order valence-electron chi connectivity index (χ4n) is 14.5. The second-order valence-electron chi connectivity index (χ2n) is 30.9. The van der Waals surface area contributed by atoms with E-state index in [1.165, 1.54) is 430 Å². The van der Waals surface area contributed by atoms with Gasteiger partial charge in [-0.05, 0) is 57.8 Å². The molecular formula is C90H175NO5. The molecule has 0 radical (unpaired) electrons. The second-order valence-corrected chi connectivity index (χ2v) is 30.9. The first-order valence-corrected chi connectivity index (χ1v) is 44.6. The van der Waals surface area contributed by atoms with E-state index < -0.39 is 12.1 Å². The molecule has 0 aromatic heterocycles. The van der Waals surface area contributed by atoms with Gasteiger partial charge < -0.3 is 20.3 Å². The summed E-state index contributed by atoms with van der Waals surface area (Å²) in [4.78, 5) is 24.7. The maximum atomic E-state index is 12.6. The molecule has 0 aromatic rings. The highest BCUT2D eigenvalue weighted by molar-refractivity contribution is 5.76. The number of hydrogen-bond donors (Lipinski definition) is 3. The molecule has 0 aliphatic carbocycles. The maximum absolute atomic E-state index is 12.6. The van der Waals surface area contributed by atoms with Gasteiger partial charge in [-0.2, -0.15) is 0 Å². The van der Waals surface area contributed by atoms with E-state index in [0.29, 0.717) is 25.9 Å². The fraction of sp³-hybridized carbons (Fsp3) is 0.933. The summed E-state index contributed by atoms with van der Waals surface area (Å²) in [6.07, 6.45) is 112. The Balaban J connectivity index is 3.31. The van der Waals surface area contributed by atoms with Crippen molar-refractivity contribution in [2.75, 3.05) is 13.2 Å².